The zero-order valence-electron chi connectivity index (χ0n) is 9.97. The van der Waals surface area contributed by atoms with Crippen LogP contribution in [0.25, 0.3) is 0 Å². The summed E-state index contributed by atoms with van der Waals surface area (Å²) in [7, 11) is 0. The number of amides is 1. The molecule has 16 heavy (non-hydrogen) atoms. The van der Waals surface area contributed by atoms with Gasteiger partial charge in [-0.25, -0.2) is 0 Å². The number of aryl methyl sites for hydroxylation is 3. The zero-order valence-corrected chi connectivity index (χ0v) is 10.8. The topological polar surface area (TPSA) is 41.1 Å². The van der Waals surface area contributed by atoms with Crippen molar-refractivity contribution in [2.24, 2.45) is 0 Å². The van der Waals surface area contributed by atoms with Gasteiger partial charge in [0, 0.05) is 12.6 Å². The maximum atomic E-state index is 10.8. The standard InChI is InChI=1S/C12H16N2OS/c1-7-5-8(2)11(9(3)6-7)14-12(16)13-10(4)15/h5-6H,1-4H3,(H2,13,14,15,16). The van der Waals surface area contributed by atoms with Crippen molar-refractivity contribution in [1.82, 2.24) is 5.32 Å². The molecule has 0 aliphatic heterocycles. The minimum absolute atomic E-state index is 0.167. The molecule has 0 unspecified atom stereocenters. The predicted molar refractivity (Wildman–Crippen MR) is 70.7 cm³/mol. The molecule has 0 saturated carbocycles. The summed E-state index contributed by atoms with van der Waals surface area (Å²) in [5.41, 5.74) is 4.41. The molecular weight excluding hydrogens is 220 g/mol. The Morgan fingerprint density at radius 1 is 1.19 bits per heavy atom. The molecule has 1 amide bonds. The molecule has 0 saturated heterocycles. The van der Waals surface area contributed by atoms with Crippen molar-refractivity contribution in [3.05, 3.63) is 28.8 Å². The maximum Gasteiger partial charge on any atom is 0.222 e. The molecule has 2 N–H and O–H groups in total. The van der Waals surface area contributed by atoms with Crippen LogP contribution in [0.5, 0.6) is 0 Å². The number of thiocarbonyl (C=S) groups is 1. The number of anilines is 1. The van der Waals surface area contributed by atoms with Gasteiger partial charge in [0.15, 0.2) is 5.11 Å². The third kappa shape index (κ3) is 3.31. The number of hydrogen-bond acceptors (Lipinski definition) is 2. The van der Waals surface area contributed by atoms with Crippen LogP contribution in [0.1, 0.15) is 23.6 Å². The Labute approximate surface area is 101 Å². The molecule has 1 rings (SSSR count). The second-order valence-electron chi connectivity index (χ2n) is 3.91. The van der Waals surface area contributed by atoms with Crippen molar-refractivity contribution in [2.75, 3.05) is 5.32 Å². The van der Waals surface area contributed by atoms with Gasteiger partial charge >= 0.3 is 0 Å². The monoisotopic (exact) mass is 236 g/mol. The highest BCUT2D eigenvalue weighted by molar-refractivity contribution is 7.80. The second kappa shape index (κ2) is 5.07. The minimum Gasteiger partial charge on any atom is -0.332 e. The van der Waals surface area contributed by atoms with E-state index in [-0.39, 0.29) is 5.91 Å². The first kappa shape index (κ1) is 12.6. The lowest BCUT2D eigenvalue weighted by Crippen LogP contribution is -2.32. The van der Waals surface area contributed by atoms with Crippen LogP contribution in [0, 0.1) is 20.8 Å². The molecule has 1 aromatic carbocycles. The quantitative estimate of drug-likeness (QED) is 0.736. The van der Waals surface area contributed by atoms with Crippen molar-refractivity contribution < 1.29 is 4.79 Å². The fourth-order valence-corrected chi connectivity index (χ4v) is 1.93. The molecule has 0 heterocycles. The number of nitrogens with one attached hydrogen (secondary N) is 2. The Morgan fingerprint density at radius 2 is 1.69 bits per heavy atom. The second-order valence-corrected chi connectivity index (χ2v) is 4.32. The van der Waals surface area contributed by atoms with Gasteiger partial charge in [0.25, 0.3) is 0 Å². The van der Waals surface area contributed by atoms with Gasteiger partial charge < -0.3 is 10.6 Å². The zero-order chi connectivity index (χ0) is 12.3. The molecule has 0 fully saturated rings. The molecule has 0 aliphatic rings. The fourth-order valence-electron chi connectivity index (χ4n) is 1.68. The summed E-state index contributed by atoms with van der Waals surface area (Å²) in [4.78, 5) is 10.8. The number of carbonyl (C=O) groups excluding carboxylic acids is 1. The molecule has 0 radical (unpaired) electrons. The number of hydrogen-bond donors (Lipinski definition) is 2. The van der Waals surface area contributed by atoms with Crippen molar-refractivity contribution in [3.8, 4) is 0 Å². The molecule has 3 nitrogen and oxygen atoms in total. The van der Waals surface area contributed by atoms with Crippen LogP contribution < -0.4 is 10.6 Å². The van der Waals surface area contributed by atoms with E-state index in [1.165, 1.54) is 12.5 Å². The van der Waals surface area contributed by atoms with Gasteiger partial charge in [-0.15, -0.1) is 0 Å². The summed E-state index contributed by atoms with van der Waals surface area (Å²) < 4.78 is 0. The first-order chi connectivity index (χ1) is 7.40. The third-order valence-corrected chi connectivity index (χ3v) is 2.41. The first-order valence-electron chi connectivity index (χ1n) is 5.06. The summed E-state index contributed by atoms with van der Waals surface area (Å²) >= 11 is 5.02. The largest absolute Gasteiger partial charge is 0.332 e. The predicted octanol–water partition coefficient (Wildman–Crippen LogP) is 2.44. The van der Waals surface area contributed by atoms with Crippen LogP contribution in [0.15, 0.2) is 12.1 Å². The van der Waals surface area contributed by atoms with E-state index in [1.807, 2.05) is 13.8 Å². The lowest BCUT2D eigenvalue weighted by atomic mass is 10.1. The summed E-state index contributed by atoms with van der Waals surface area (Å²) in [6.45, 7) is 7.51. The summed E-state index contributed by atoms with van der Waals surface area (Å²) in [5, 5.41) is 5.91. The maximum absolute atomic E-state index is 10.8. The van der Waals surface area contributed by atoms with E-state index in [0.29, 0.717) is 5.11 Å². The normalized spacial score (nSPS) is 9.75. The smallest absolute Gasteiger partial charge is 0.222 e. The van der Waals surface area contributed by atoms with Crippen LogP contribution in [-0.4, -0.2) is 11.0 Å². The summed E-state index contributed by atoms with van der Waals surface area (Å²) in [6.07, 6.45) is 0. The van der Waals surface area contributed by atoms with Gasteiger partial charge in [-0.1, -0.05) is 17.7 Å². The van der Waals surface area contributed by atoms with Gasteiger partial charge in [0.05, 0.1) is 0 Å². The molecule has 0 bridgehead atoms. The average molecular weight is 236 g/mol. The molecule has 86 valence electrons. The highest BCUT2D eigenvalue weighted by Gasteiger charge is 2.06. The Balaban J connectivity index is 2.89. The van der Waals surface area contributed by atoms with Crippen molar-refractivity contribution in [1.29, 1.82) is 0 Å². The fraction of sp³-hybridized carbons (Fsp3) is 0.333. The van der Waals surface area contributed by atoms with Crippen molar-refractivity contribution in [2.45, 2.75) is 27.7 Å². The van der Waals surface area contributed by atoms with Gasteiger partial charge in [-0.3, -0.25) is 4.79 Å². The van der Waals surface area contributed by atoms with Crippen LogP contribution >= 0.6 is 12.2 Å². The minimum atomic E-state index is -0.167. The Hall–Kier alpha value is -1.42. The number of carbonyl (C=O) groups is 1. The molecule has 0 aliphatic carbocycles. The van der Waals surface area contributed by atoms with E-state index in [1.54, 1.807) is 0 Å². The van der Waals surface area contributed by atoms with Gasteiger partial charge in [0.1, 0.15) is 0 Å². The number of benzene rings is 1. The van der Waals surface area contributed by atoms with Crippen LogP contribution in [0.2, 0.25) is 0 Å². The van der Waals surface area contributed by atoms with E-state index < -0.39 is 0 Å². The van der Waals surface area contributed by atoms with Crippen molar-refractivity contribution in [3.63, 3.8) is 0 Å². The summed E-state index contributed by atoms with van der Waals surface area (Å²) in [6, 6.07) is 4.15. The highest BCUT2D eigenvalue weighted by Crippen LogP contribution is 2.21. The van der Waals surface area contributed by atoms with E-state index in [4.69, 9.17) is 12.2 Å². The molecule has 4 heteroatoms. The first-order valence-corrected chi connectivity index (χ1v) is 5.47. The highest BCUT2D eigenvalue weighted by atomic mass is 32.1. The van der Waals surface area contributed by atoms with E-state index in [0.717, 1.165) is 16.8 Å². The molecule has 0 aromatic heterocycles. The Kier molecular flexibility index (Phi) is 4.01. The van der Waals surface area contributed by atoms with E-state index in [9.17, 15) is 4.79 Å². The lowest BCUT2D eigenvalue weighted by Gasteiger charge is -2.14. The van der Waals surface area contributed by atoms with Crippen LogP contribution in [0.4, 0.5) is 5.69 Å². The Bertz CT molecular complexity index is 418. The average Bonchev–Trinajstić information content (AvgIpc) is 2.09. The SMILES string of the molecule is CC(=O)NC(=S)Nc1c(C)cc(C)cc1C. The van der Waals surface area contributed by atoms with E-state index in [2.05, 4.69) is 29.7 Å². The molecule has 0 spiro atoms. The molecular formula is C12H16N2OS. The lowest BCUT2D eigenvalue weighted by molar-refractivity contribution is -0.117. The van der Waals surface area contributed by atoms with E-state index >= 15 is 0 Å². The van der Waals surface area contributed by atoms with Crippen LogP contribution in [-0.2, 0) is 4.79 Å². The summed E-state index contributed by atoms with van der Waals surface area (Å²) in [5.74, 6) is -0.167. The number of rotatable bonds is 1. The van der Waals surface area contributed by atoms with Gasteiger partial charge in [-0.2, -0.15) is 0 Å². The molecule has 0 atom stereocenters. The van der Waals surface area contributed by atoms with Crippen molar-refractivity contribution >= 4 is 28.9 Å². The molecule has 1 aromatic rings. The van der Waals surface area contributed by atoms with Gasteiger partial charge in [-0.05, 0) is 44.1 Å². The third-order valence-electron chi connectivity index (χ3n) is 2.21. The van der Waals surface area contributed by atoms with Gasteiger partial charge in [0.2, 0.25) is 5.91 Å². The Morgan fingerprint density at radius 3 is 2.12 bits per heavy atom. The van der Waals surface area contributed by atoms with Crippen LogP contribution in [0.3, 0.4) is 0 Å².